The maximum atomic E-state index is 12.5. The highest BCUT2D eigenvalue weighted by atomic mass is 35.5. The van der Waals surface area contributed by atoms with Gasteiger partial charge < -0.3 is 19.7 Å². The number of amides is 2. The van der Waals surface area contributed by atoms with Crippen LogP contribution in [0.3, 0.4) is 0 Å². The van der Waals surface area contributed by atoms with Crippen LogP contribution in [0.4, 0.5) is 14.5 Å². The third-order valence-electron chi connectivity index (χ3n) is 3.58. The molecule has 0 aromatic heterocycles. The van der Waals surface area contributed by atoms with Crippen LogP contribution in [-0.4, -0.2) is 44.0 Å². The smallest absolute Gasteiger partial charge is 0.387 e. The molecular weight excluding hydrogens is 417 g/mol. The summed E-state index contributed by atoms with van der Waals surface area (Å²) in [7, 11) is 2.67. The molecule has 0 saturated heterocycles. The van der Waals surface area contributed by atoms with Crippen molar-refractivity contribution in [2.24, 2.45) is 0 Å². The molecule has 2 rings (SSSR count). The molecule has 0 aliphatic heterocycles. The molecule has 0 saturated carbocycles. The molecule has 0 heterocycles. The first kappa shape index (κ1) is 21.7. The fraction of sp³-hybridized carbons (Fsp3) is 0.222. The number of para-hydroxylation sites is 1. The highest BCUT2D eigenvalue weighted by Crippen LogP contribution is 2.31. The Bertz CT molecular complexity index is 860. The lowest BCUT2D eigenvalue weighted by molar-refractivity contribution is -0.116. The van der Waals surface area contributed by atoms with Gasteiger partial charge in [0.1, 0.15) is 0 Å². The van der Waals surface area contributed by atoms with Gasteiger partial charge in [-0.25, -0.2) is 0 Å². The van der Waals surface area contributed by atoms with E-state index in [9.17, 15) is 18.4 Å². The Morgan fingerprint density at radius 2 is 1.79 bits per heavy atom. The number of likely N-dealkylation sites (N-methyl/N-ethyl adjacent to an activating group) is 1. The number of ether oxygens (including phenoxy) is 2. The van der Waals surface area contributed by atoms with Crippen molar-refractivity contribution in [3.63, 3.8) is 0 Å². The van der Waals surface area contributed by atoms with Gasteiger partial charge in [0.15, 0.2) is 11.5 Å². The van der Waals surface area contributed by atoms with Crippen molar-refractivity contribution in [3.8, 4) is 11.5 Å². The van der Waals surface area contributed by atoms with Crippen molar-refractivity contribution in [3.05, 3.63) is 52.0 Å². The number of nitrogens with one attached hydrogen (secondary N) is 1. The molecule has 2 aromatic carbocycles. The standard InChI is InChI=1S/C18H16Cl2F2N2O4/c1-24(9-15(25)23-16-11(19)4-3-5-12(16)20)17(26)10-6-7-13(28-18(21)22)14(8-10)27-2/h3-8,18H,9H2,1-2H3,(H,23,25). The quantitative estimate of drug-likeness (QED) is 0.707. The molecule has 0 bridgehead atoms. The first-order valence-corrected chi connectivity index (χ1v) is 8.60. The van der Waals surface area contributed by atoms with Gasteiger partial charge in [0.25, 0.3) is 5.91 Å². The van der Waals surface area contributed by atoms with Crippen LogP contribution in [0.5, 0.6) is 11.5 Å². The van der Waals surface area contributed by atoms with Gasteiger partial charge in [-0.2, -0.15) is 8.78 Å². The number of halogens is 4. The minimum Gasteiger partial charge on any atom is -0.493 e. The minimum atomic E-state index is -3.03. The molecule has 0 aliphatic rings. The number of alkyl halides is 2. The summed E-state index contributed by atoms with van der Waals surface area (Å²) in [5.41, 5.74) is 0.372. The second-order valence-corrected chi connectivity index (χ2v) is 6.36. The van der Waals surface area contributed by atoms with Crippen molar-refractivity contribution in [1.29, 1.82) is 0 Å². The van der Waals surface area contributed by atoms with Gasteiger partial charge in [0.05, 0.1) is 29.4 Å². The van der Waals surface area contributed by atoms with E-state index in [0.29, 0.717) is 0 Å². The topological polar surface area (TPSA) is 67.9 Å². The van der Waals surface area contributed by atoms with E-state index < -0.39 is 18.4 Å². The van der Waals surface area contributed by atoms with E-state index in [2.05, 4.69) is 10.1 Å². The molecule has 2 amide bonds. The number of nitrogens with zero attached hydrogens (tertiary/aromatic N) is 1. The van der Waals surface area contributed by atoms with E-state index in [1.54, 1.807) is 18.2 Å². The summed E-state index contributed by atoms with van der Waals surface area (Å²) in [5.74, 6) is -1.28. The number of rotatable bonds is 7. The second kappa shape index (κ2) is 9.57. The first-order chi connectivity index (χ1) is 13.2. The Morgan fingerprint density at radius 3 is 2.36 bits per heavy atom. The van der Waals surface area contributed by atoms with E-state index in [0.717, 1.165) is 4.90 Å². The van der Waals surface area contributed by atoms with Gasteiger partial charge in [-0.15, -0.1) is 0 Å². The van der Waals surface area contributed by atoms with Crippen LogP contribution >= 0.6 is 23.2 Å². The van der Waals surface area contributed by atoms with Gasteiger partial charge in [-0.3, -0.25) is 9.59 Å². The number of methoxy groups -OCH3 is 1. The molecule has 0 aliphatic carbocycles. The van der Waals surface area contributed by atoms with E-state index >= 15 is 0 Å². The molecule has 0 unspecified atom stereocenters. The summed E-state index contributed by atoms with van der Waals surface area (Å²) < 4.78 is 34.1. The lowest BCUT2D eigenvalue weighted by atomic mass is 10.1. The van der Waals surface area contributed by atoms with Gasteiger partial charge in [-0.05, 0) is 30.3 Å². The number of hydrogen-bond donors (Lipinski definition) is 1. The van der Waals surface area contributed by atoms with Crippen LogP contribution in [-0.2, 0) is 4.79 Å². The highest BCUT2D eigenvalue weighted by molar-refractivity contribution is 6.39. The molecule has 150 valence electrons. The normalized spacial score (nSPS) is 10.5. The van der Waals surface area contributed by atoms with Crippen molar-refractivity contribution in [2.75, 3.05) is 26.0 Å². The summed E-state index contributed by atoms with van der Waals surface area (Å²) >= 11 is 12.0. The minimum absolute atomic E-state index is 0.0353. The zero-order chi connectivity index (χ0) is 20.8. The average Bonchev–Trinajstić information content (AvgIpc) is 2.64. The Morgan fingerprint density at radius 1 is 1.14 bits per heavy atom. The fourth-order valence-electron chi connectivity index (χ4n) is 2.30. The molecule has 28 heavy (non-hydrogen) atoms. The first-order valence-electron chi connectivity index (χ1n) is 7.85. The van der Waals surface area contributed by atoms with Gasteiger partial charge >= 0.3 is 6.61 Å². The largest absolute Gasteiger partial charge is 0.493 e. The zero-order valence-electron chi connectivity index (χ0n) is 14.8. The van der Waals surface area contributed by atoms with Crippen molar-refractivity contribution < 1.29 is 27.8 Å². The van der Waals surface area contributed by atoms with Crippen LogP contribution in [0.1, 0.15) is 10.4 Å². The number of carbonyl (C=O) groups is 2. The second-order valence-electron chi connectivity index (χ2n) is 5.55. The van der Waals surface area contributed by atoms with Crippen molar-refractivity contribution in [2.45, 2.75) is 6.61 Å². The van der Waals surface area contributed by atoms with E-state index in [1.807, 2.05) is 0 Å². The summed E-state index contributed by atoms with van der Waals surface area (Å²) in [6.07, 6.45) is 0. The molecule has 0 atom stereocenters. The van der Waals surface area contributed by atoms with Crippen LogP contribution in [0.2, 0.25) is 10.0 Å². The summed E-state index contributed by atoms with van der Waals surface area (Å²) in [4.78, 5) is 25.9. The SMILES string of the molecule is COc1cc(C(=O)N(C)CC(=O)Nc2c(Cl)cccc2Cl)ccc1OC(F)F. The maximum Gasteiger partial charge on any atom is 0.387 e. The summed E-state index contributed by atoms with van der Waals surface area (Å²) in [5, 5.41) is 3.06. The Balaban J connectivity index is 2.08. The van der Waals surface area contributed by atoms with E-state index in [-0.39, 0.29) is 39.3 Å². The molecule has 6 nitrogen and oxygen atoms in total. The molecule has 0 fully saturated rings. The molecule has 2 aromatic rings. The number of hydrogen-bond acceptors (Lipinski definition) is 4. The monoisotopic (exact) mass is 432 g/mol. The third-order valence-corrected chi connectivity index (χ3v) is 4.21. The summed E-state index contributed by atoms with van der Waals surface area (Å²) in [6, 6.07) is 8.49. The molecule has 0 radical (unpaired) electrons. The Kier molecular flexibility index (Phi) is 7.42. The number of anilines is 1. The third kappa shape index (κ3) is 5.46. The number of carbonyl (C=O) groups excluding carboxylic acids is 2. The fourth-order valence-corrected chi connectivity index (χ4v) is 2.79. The van der Waals surface area contributed by atoms with Crippen LogP contribution in [0, 0.1) is 0 Å². The predicted molar refractivity (Wildman–Crippen MR) is 102 cm³/mol. The van der Waals surface area contributed by atoms with Gasteiger partial charge in [0.2, 0.25) is 5.91 Å². The molecule has 10 heteroatoms. The molecular formula is C18H16Cl2F2N2O4. The summed E-state index contributed by atoms with van der Waals surface area (Å²) in [6.45, 7) is -3.32. The van der Waals surface area contributed by atoms with Crippen LogP contribution in [0.15, 0.2) is 36.4 Å². The van der Waals surface area contributed by atoms with Crippen LogP contribution < -0.4 is 14.8 Å². The van der Waals surface area contributed by atoms with E-state index in [4.69, 9.17) is 27.9 Å². The lowest BCUT2D eigenvalue weighted by Crippen LogP contribution is -2.35. The Hall–Kier alpha value is -2.58. The Labute approximate surface area is 169 Å². The van der Waals surface area contributed by atoms with Crippen LogP contribution in [0.25, 0.3) is 0 Å². The predicted octanol–water partition coefficient (Wildman–Crippen LogP) is 4.31. The lowest BCUT2D eigenvalue weighted by Gasteiger charge is -2.18. The van der Waals surface area contributed by atoms with Gasteiger partial charge in [0, 0.05) is 12.6 Å². The van der Waals surface area contributed by atoms with Crippen molar-refractivity contribution in [1.82, 2.24) is 4.90 Å². The average molecular weight is 433 g/mol. The molecule has 0 spiro atoms. The zero-order valence-corrected chi connectivity index (χ0v) is 16.4. The number of benzene rings is 2. The van der Waals surface area contributed by atoms with Gasteiger partial charge in [-0.1, -0.05) is 29.3 Å². The molecule has 1 N–H and O–H groups in total. The highest BCUT2D eigenvalue weighted by Gasteiger charge is 2.19. The van der Waals surface area contributed by atoms with Crippen molar-refractivity contribution >= 4 is 40.7 Å². The van der Waals surface area contributed by atoms with E-state index in [1.165, 1.54) is 32.4 Å². The maximum absolute atomic E-state index is 12.5.